The summed E-state index contributed by atoms with van der Waals surface area (Å²) in [5, 5.41) is 16.3. The third-order valence-electron chi connectivity index (χ3n) is 2.15. The maximum absolute atomic E-state index is 10.8. The number of ketones is 2. The first kappa shape index (κ1) is 18.7. The third-order valence-corrected chi connectivity index (χ3v) is 2.15. The first-order chi connectivity index (χ1) is 7.96. The molecule has 0 heterocycles. The van der Waals surface area contributed by atoms with E-state index in [1.54, 1.807) is 0 Å². The lowest BCUT2D eigenvalue weighted by atomic mass is 9.89. The fraction of sp³-hybridized carbons (Fsp3) is 0.714. The van der Waals surface area contributed by atoms with Crippen LogP contribution in [-0.2, 0) is 9.59 Å². The summed E-state index contributed by atoms with van der Waals surface area (Å²) in [5.74, 6) is 0.00926. The van der Waals surface area contributed by atoms with E-state index < -0.39 is 0 Å². The number of carbonyl (C=O) groups excluding carboxylic acids is 2. The molecule has 0 saturated carbocycles. The van der Waals surface area contributed by atoms with E-state index in [-0.39, 0.29) is 35.2 Å². The lowest BCUT2D eigenvalue weighted by Gasteiger charge is -2.13. The van der Waals surface area contributed by atoms with Gasteiger partial charge < -0.3 is 0 Å². The van der Waals surface area contributed by atoms with Gasteiger partial charge in [-0.1, -0.05) is 41.5 Å². The molecule has 0 atom stereocenters. The van der Waals surface area contributed by atoms with E-state index in [9.17, 15) is 9.59 Å². The van der Waals surface area contributed by atoms with Gasteiger partial charge in [0.2, 0.25) is 0 Å². The van der Waals surface area contributed by atoms with Gasteiger partial charge in [-0.2, -0.15) is 10.5 Å². The van der Waals surface area contributed by atoms with Crippen molar-refractivity contribution in [3.8, 4) is 12.1 Å². The summed E-state index contributed by atoms with van der Waals surface area (Å²) in [4.78, 5) is 21.7. The van der Waals surface area contributed by atoms with Crippen molar-refractivity contribution in [3.63, 3.8) is 0 Å². The molecule has 0 bridgehead atoms. The summed E-state index contributed by atoms with van der Waals surface area (Å²) in [6, 6.07) is 3.65. The van der Waals surface area contributed by atoms with Crippen molar-refractivity contribution >= 4 is 11.6 Å². The average molecular weight is 250 g/mol. The highest BCUT2D eigenvalue weighted by atomic mass is 16.1. The van der Waals surface area contributed by atoms with Gasteiger partial charge in [0.15, 0.2) is 11.6 Å². The summed E-state index contributed by atoms with van der Waals surface area (Å²) < 4.78 is 0. The average Bonchev–Trinajstić information content (AvgIpc) is 2.16. The minimum Gasteiger partial charge on any atom is -0.298 e. The first-order valence-corrected chi connectivity index (χ1v) is 5.77. The Kier molecular flexibility index (Phi) is 7.90. The Morgan fingerprint density at radius 3 is 1.06 bits per heavy atom. The van der Waals surface area contributed by atoms with Gasteiger partial charge in [0.1, 0.15) is 0 Å². The molecule has 0 amide bonds. The van der Waals surface area contributed by atoms with E-state index in [0.29, 0.717) is 0 Å². The summed E-state index contributed by atoms with van der Waals surface area (Å²) in [6.45, 7) is 10.9. The Hall–Kier alpha value is -1.68. The Morgan fingerprint density at radius 2 is 1.00 bits per heavy atom. The molecular formula is C14H22N2O2. The Morgan fingerprint density at radius 1 is 0.778 bits per heavy atom. The lowest BCUT2D eigenvalue weighted by Crippen LogP contribution is -2.18. The topological polar surface area (TPSA) is 81.7 Å². The highest BCUT2D eigenvalue weighted by Crippen LogP contribution is 2.16. The molecule has 0 unspecified atom stereocenters. The van der Waals surface area contributed by atoms with Crippen molar-refractivity contribution < 1.29 is 9.59 Å². The SMILES string of the molecule is CC(C)(C)C(=O)CC#N.CC(C)(C)C(=O)CC#N. The molecule has 4 heteroatoms. The Labute approximate surface area is 110 Å². The summed E-state index contributed by atoms with van der Waals surface area (Å²) in [7, 11) is 0. The fourth-order valence-electron chi connectivity index (χ4n) is 0.674. The van der Waals surface area contributed by atoms with E-state index in [4.69, 9.17) is 10.5 Å². The van der Waals surface area contributed by atoms with Crippen LogP contribution in [0.4, 0.5) is 0 Å². The van der Waals surface area contributed by atoms with Crippen LogP contribution in [0.15, 0.2) is 0 Å². The molecule has 0 rings (SSSR count). The molecule has 0 N–H and O–H groups in total. The number of nitrogens with zero attached hydrogens (tertiary/aromatic N) is 2. The van der Waals surface area contributed by atoms with Gasteiger partial charge in [-0.3, -0.25) is 9.59 Å². The molecule has 0 radical (unpaired) electrons. The van der Waals surface area contributed by atoms with Crippen molar-refractivity contribution in [3.05, 3.63) is 0 Å². The zero-order valence-corrected chi connectivity index (χ0v) is 12.1. The van der Waals surface area contributed by atoms with Gasteiger partial charge in [-0.25, -0.2) is 0 Å². The van der Waals surface area contributed by atoms with Gasteiger partial charge in [0.05, 0.1) is 25.0 Å². The zero-order chi connectivity index (χ0) is 15.0. The zero-order valence-electron chi connectivity index (χ0n) is 12.1. The summed E-state index contributed by atoms with van der Waals surface area (Å²) in [6.07, 6.45) is 0.0625. The number of hydrogen-bond donors (Lipinski definition) is 0. The van der Waals surface area contributed by atoms with Crippen molar-refractivity contribution in [2.24, 2.45) is 10.8 Å². The molecule has 0 spiro atoms. The van der Waals surface area contributed by atoms with Crippen molar-refractivity contribution in [1.29, 1.82) is 10.5 Å². The Balaban J connectivity index is 0. The van der Waals surface area contributed by atoms with E-state index in [1.165, 1.54) is 0 Å². The molecular weight excluding hydrogens is 228 g/mol. The van der Waals surface area contributed by atoms with E-state index in [1.807, 2.05) is 53.7 Å². The molecule has 0 aliphatic rings. The van der Waals surface area contributed by atoms with Crippen LogP contribution in [0.2, 0.25) is 0 Å². The summed E-state index contributed by atoms with van der Waals surface area (Å²) >= 11 is 0. The van der Waals surface area contributed by atoms with Crippen LogP contribution in [0.5, 0.6) is 0 Å². The highest BCUT2D eigenvalue weighted by Gasteiger charge is 2.20. The van der Waals surface area contributed by atoms with Crippen LogP contribution in [0.25, 0.3) is 0 Å². The van der Waals surface area contributed by atoms with Crippen LogP contribution < -0.4 is 0 Å². The Bertz CT molecular complexity index is 333. The monoisotopic (exact) mass is 250 g/mol. The fourth-order valence-corrected chi connectivity index (χ4v) is 0.674. The van der Waals surface area contributed by atoms with Crippen LogP contribution in [-0.4, -0.2) is 11.6 Å². The van der Waals surface area contributed by atoms with E-state index >= 15 is 0 Å². The second kappa shape index (κ2) is 7.61. The maximum atomic E-state index is 10.8. The van der Waals surface area contributed by atoms with E-state index in [2.05, 4.69) is 0 Å². The van der Waals surface area contributed by atoms with Gasteiger partial charge >= 0.3 is 0 Å². The van der Waals surface area contributed by atoms with Crippen molar-refractivity contribution in [1.82, 2.24) is 0 Å². The van der Waals surface area contributed by atoms with Crippen LogP contribution in [0, 0.1) is 33.5 Å². The smallest absolute Gasteiger partial charge is 0.152 e. The highest BCUT2D eigenvalue weighted by molar-refractivity contribution is 5.85. The quantitative estimate of drug-likeness (QED) is 0.754. The van der Waals surface area contributed by atoms with Gasteiger partial charge in [0, 0.05) is 10.8 Å². The first-order valence-electron chi connectivity index (χ1n) is 5.77. The number of rotatable bonds is 2. The second-order valence-corrected chi connectivity index (χ2v) is 6.02. The summed E-state index contributed by atoms with van der Waals surface area (Å²) in [5.41, 5.74) is -0.703. The molecule has 18 heavy (non-hydrogen) atoms. The van der Waals surface area contributed by atoms with Crippen molar-refractivity contribution in [2.75, 3.05) is 0 Å². The number of hydrogen-bond acceptors (Lipinski definition) is 4. The minimum atomic E-state index is -0.351. The van der Waals surface area contributed by atoms with Gasteiger partial charge in [-0.05, 0) is 0 Å². The van der Waals surface area contributed by atoms with Crippen LogP contribution in [0.3, 0.4) is 0 Å². The molecule has 0 aliphatic carbocycles. The minimum absolute atomic E-state index is 0.00463. The van der Waals surface area contributed by atoms with Gasteiger partial charge in [-0.15, -0.1) is 0 Å². The number of carbonyl (C=O) groups is 2. The number of Topliss-reactive ketones (excluding diaryl/α,β-unsaturated/α-hetero) is 2. The second-order valence-electron chi connectivity index (χ2n) is 6.02. The predicted molar refractivity (Wildman–Crippen MR) is 69.4 cm³/mol. The van der Waals surface area contributed by atoms with E-state index in [0.717, 1.165) is 0 Å². The molecule has 0 aromatic carbocycles. The molecule has 0 aromatic rings. The predicted octanol–water partition coefficient (Wildman–Crippen LogP) is 3.03. The number of nitriles is 2. The lowest BCUT2D eigenvalue weighted by molar-refractivity contribution is -0.125. The van der Waals surface area contributed by atoms with Crippen LogP contribution in [0.1, 0.15) is 54.4 Å². The molecule has 4 nitrogen and oxygen atoms in total. The largest absolute Gasteiger partial charge is 0.298 e. The third kappa shape index (κ3) is 9.54. The van der Waals surface area contributed by atoms with Crippen LogP contribution >= 0.6 is 0 Å². The maximum Gasteiger partial charge on any atom is 0.152 e. The molecule has 0 fully saturated rings. The molecule has 100 valence electrons. The normalized spacial score (nSPS) is 10.4. The standard InChI is InChI=1S/2C7H11NO/c2*1-7(2,3)6(9)4-5-8/h2*4H2,1-3H3. The van der Waals surface area contributed by atoms with Gasteiger partial charge in [0.25, 0.3) is 0 Å². The molecule has 0 saturated heterocycles. The van der Waals surface area contributed by atoms with Crippen molar-refractivity contribution in [2.45, 2.75) is 54.4 Å². The molecule has 0 aromatic heterocycles. The molecule has 0 aliphatic heterocycles.